The van der Waals surface area contributed by atoms with Crippen molar-refractivity contribution < 1.29 is 47.9 Å². The van der Waals surface area contributed by atoms with E-state index in [1.807, 2.05) is 13.0 Å². The first-order valence-electron chi connectivity index (χ1n) is 27.3. The van der Waals surface area contributed by atoms with Gasteiger partial charge in [-0.1, -0.05) is 104 Å². The Bertz CT molecular complexity index is 2430. The molecule has 2 aliphatic heterocycles. The maximum Gasteiger partial charge on any atom is 0.246 e. The van der Waals surface area contributed by atoms with Crippen molar-refractivity contribution in [3.05, 3.63) is 65.7 Å². The molecule has 1 aliphatic carbocycles. The van der Waals surface area contributed by atoms with Gasteiger partial charge in [0.25, 0.3) is 0 Å². The second kappa shape index (κ2) is 31.9. The van der Waals surface area contributed by atoms with E-state index in [4.69, 9.17) is 27.7 Å². The summed E-state index contributed by atoms with van der Waals surface area (Å²) >= 11 is 0. The first-order valence-corrected chi connectivity index (χ1v) is 29.7. The SMILES string of the molecule is CCOc1ccc(C[C@H]2NC(=O)CC3(CCCCC3)SSC[C@@H](C(=O)N3CCC[C@H]3C(=O)N[C@@H](CCCN=C(N)N)C(=O)NCCN)NC(=O)[C@H](CC(N)=O)NC(=O)[C@H]([C@@H](C)CC)NC(=O)[C@H](Cc3ccccc3)NC2=O)cc1. The van der Waals surface area contributed by atoms with E-state index in [0.29, 0.717) is 55.6 Å². The van der Waals surface area contributed by atoms with Crippen molar-refractivity contribution >= 4 is 80.7 Å². The lowest BCUT2D eigenvalue weighted by molar-refractivity contribution is -0.142. The number of guanidine groups is 1. The third-order valence-electron chi connectivity index (χ3n) is 14.3. The molecule has 3 aliphatic rings. The molecule has 0 bridgehead atoms. The molecule has 15 N–H and O–H groups in total. The number of primary amides is 1. The monoisotopic (exact) mass is 1140 g/mol. The smallest absolute Gasteiger partial charge is 0.246 e. The number of hydrogen-bond acceptors (Lipinski definition) is 14. The largest absolute Gasteiger partial charge is 0.494 e. The van der Waals surface area contributed by atoms with Gasteiger partial charge >= 0.3 is 0 Å². The molecule has 0 radical (unpaired) electrons. The summed E-state index contributed by atoms with van der Waals surface area (Å²) in [5.41, 5.74) is 23.7. The van der Waals surface area contributed by atoms with Crippen LogP contribution >= 0.6 is 21.6 Å². The van der Waals surface area contributed by atoms with Crippen molar-refractivity contribution in [2.75, 3.05) is 38.5 Å². The van der Waals surface area contributed by atoms with Crippen LogP contribution in [0.1, 0.15) is 109 Å². The Hall–Kier alpha value is -6.60. The zero-order chi connectivity index (χ0) is 57.5. The van der Waals surface area contributed by atoms with Gasteiger partial charge < -0.3 is 69.8 Å². The maximum atomic E-state index is 15.0. The minimum Gasteiger partial charge on any atom is -0.494 e. The summed E-state index contributed by atoms with van der Waals surface area (Å²) in [4.78, 5) is 133. The highest BCUT2D eigenvalue weighted by Crippen LogP contribution is 2.48. The predicted molar refractivity (Wildman–Crippen MR) is 304 cm³/mol. The molecule has 79 heavy (non-hydrogen) atoms. The molecule has 23 nitrogen and oxygen atoms in total. The standard InChI is InChI=1S/C54H81N13O10S2/c1-4-33(3)45-51(75)64-40(30-43(56)68)48(72)65-41(52(76)67-27-13-17-42(67)50(74)62-37(46(70)59-26-24-55)16-12-25-60-53(57)58)32-78-79-54(22-10-7-11-23-54)31-44(69)61-38(29-35-18-20-36(21-19-35)77-5-2)47(71)63-39(49(73)66-45)28-34-14-8-6-9-15-34/h6,8-9,14-15,18-21,33,37-42,45H,4-5,7,10-13,16-17,22-32,55H2,1-3H3,(H2,56,68)(H,59,70)(H,61,69)(H,62,74)(H,63,71)(H,64,75)(H,65,72)(H,66,73)(H4,57,58,60)/t33-,37-,38+,39-,40-,41-,42-,45-/m0/s1. The van der Waals surface area contributed by atoms with E-state index in [1.54, 1.807) is 62.4 Å². The number of amides is 9. The van der Waals surface area contributed by atoms with E-state index < -0.39 is 113 Å². The van der Waals surface area contributed by atoms with Crippen LogP contribution < -0.4 is 64.9 Å². The van der Waals surface area contributed by atoms with Crippen LogP contribution in [0.2, 0.25) is 0 Å². The molecule has 25 heteroatoms. The number of carbonyl (C=O) groups excluding carboxylic acids is 9. The van der Waals surface area contributed by atoms with Gasteiger partial charge in [-0.3, -0.25) is 48.1 Å². The highest BCUT2D eigenvalue weighted by Gasteiger charge is 2.42. The van der Waals surface area contributed by atoms with Gasteiger partial charge in [0.1, 0.15) is 48.0 Å². The fourth-order valence-electron chi connectivity index (χ4n) is 9.85. The van der Waals surface area contributed by atoms with Crippen molar-refractivity contribution in [1.82, 2.24) is 42.1 Å². The molecule has 2 aromatic carbocycles. The van der Waals surface area contributed by atoms with E-state index >= 15 is 0 Å². The topological polar surface area (TPSA) is 367 Å². The minimum atomic E-state index is -1.63. The summed E-state index contributed by atoms with van der Waals surface area (Å²) in [6, 6.07) is 7.31. The number of benzene rings is 2. The summed E-state index contributed by atoms with van der Waals surface area (Å²) in [6.07, 6.45) is 4.59. The third kappa shape index (κ3) is 19.9. The summed E-state index contributed by atoms with van der Waals surface area (Å²) in [6.45, 7) is 6.45. The zero-order valence-corrected chi connectivity index (χ0v) is 47.2. The van der Waals surface area contributed by atoms with Crippen LogP contribution in [-0.2, 0) is 56.0 Å². The fourth-order valence-corrected chi connectivity index (χ4v) is 13.2. The van der Waals surface area contributed by atoms with Gasteiger partial charge in [-0.05, 0) is 74.6 Å². The van der Waals surface area contributed by atoms with Gasteiger partial charge in [-0.2, -0.15) is 0 Å². The Kier molecular flexibility index (Phi) is 25.5. The molecule has 2 heterocycles. The summed E-state index contributed by atoms with van der Waals surface area (Å²) in [7, 11) is 2.65. The summed E-state index contributed by atoms with van der Waals surface area (Å²) in [5.74, 6) is -6.40. The Morgan fingerprint density at radius 2 is 1.46 bits per heavy atom. The molecule has 2 aromatic rings. The minimum absolute atomic E-state index is 0.00101. The van der Waals surface area contributed by atoms with Crippen LogP contribution in [0.5, 0.6) is 5.75 Å². The molecule has 9 amide bonds. The Morgan fingerprint density at radius 3 is 2.10 bits per heavy atom. The average molecular weight is 1140 g/mol. The van der Waals surface area contributed by atoms with Crippen LogP contribution in [0.15, 0.2) is 59.6 Å². The molecular formula is C54H81N13O10S2. The van der Waals surface area contributed by atoms with E-state index in [1.165, 1.54) is 26.5 Å². The van der Waals surface area contributed by atoms with E-state index in [2.05, 4.69) is 42.2 Å². The normalized spacial score (nSPS) is 23.3. The van der Waals surface area contributed by atoms with Gasteiger partial charge in [-0.15, -0.1) is 0 Å². The zero-order valence-electron chi connectivity index (χ0n) is 45.6. The lowest BCUT2D eigenvalue weighted by Crippen LogP contribution is -2.62. The second-order valence-corrected chi connectivity index (χ2v) is 23.2. The van der Waals surface area contributed by atoms with E-state index in [0.717, 1.165) is 19.3 Å². The highest BCUT2D eigenvalue weighted by molar-refractivity contribution is 8.77. The number of hydrogen-bond donors (Lipinski definition) is 11. The molecule has 3 fully saturated rings. The third-order valence-corrected chi connectivity index (χ3v) is 17.6. The van der Waals surface area contributed by atoms with Gasteiger partial charge in [0.2, 0.25) is 53.2 Å². The Morgan fingerprint density at radius 1 is 0.810 bits per heavy atom. The van der Waals surface area contributed by atoms with Crippen LogP contribution in [0.4, 0.5) is 0 Å². The fraction of sp³-hybridized carbons (Fsp3) is 0.593. The van der Waals surface area contributed by atoms with Gasteiger partial charge in [0.05, 0.1) is 13.0 Å². The number of ether oxygens (including phenoxy) is 1. The van der Waals surface area contributed by atoms with Crippen LogP contribution in [-0.4, -0.2) is 150 Å². The second-order valence-electron chi connectivity index (χ2n) is 20.4. The predicted octanol–water partition coefficient (Wildman–Crippen LogP) is 0.308. The summed E-state index contributed by atoms with van der Waals surface area (Å²) < 4.78 is 4.96. The van der Waals surface area contributed by atoms with Crippen molar-refractivity contribution in [2.45, 2.75) is 158 Å². The average Bonchev–Trinajstić information content (AvgIpc) is 3.98. The molecule has 8 atom stereocenters. The first-order chi connectivity index (χ1) is 37.8. The van der Waals surface area contributed by atoms with E-state index in [9.17, 15) is 43.2 Å². The van der Waals surface area contributed by atoms with Crippen molar-refractivity contribution in [2.24, 2.45) is 33.8 Å². The van der Waals surface area contributed by atoms with E-state index in [-0.39, 0.29) is 70.0 Å². The molecule has 5 rings (SSSR count). The molecule has 0 unspecified atom stereocenters. The lowest BCUT2D eigenvalue weighted by Gasteiger charge is -2.37. The lowest BCUT2D eigenvalue weighted by atomic mass is 9.85. The number of nitrogens with two attached hydrogens (primary N) is 4. The number of aliphatic imine (C=N–C) groups is 1. The quantitative estimate of drug-likeness (QED) is 0.0368. The van der Waals surface area contributed by atoms with Crippen molar-refractivity contribution in [1.29, 1.82) is 0 Å². The van der Waals surface area contributed by atoms with Crippen LogP contribution in [0.3, 0.4) is 0 Å². The highest BCUT2D eigenvalue weighted by atomic mass is 33.1. The number of nitrogens with one attached hydrogen (secondary N) is 7. The maximum absolute atomic E-state index is 15.0. The van der Waals surface area contributed by atoms with Gasteiger partial charge in [0, 0.05) is 55.9 Å². The molecule has 0 aromatic heterocycles. The number of rotatable bonds is 20. The molecule has 1 saturated carbocycles. The molecular weight excluding hydrogens is 1050 g/mol. The Labute approximate surface area is 470 Å². The molecule has 2 saturated heterocycles. The first kappa shape index (κ1) is 63.2. The van der Waals surface area contributed by atoms with Crippen LogP contribution in [0.25, 0.3) is 0 Å². The van der Waals surface area contributed by atoms with Crippen molar-refractivity contribution in [3.8, 4) is 5.75 Å². The molecule has 1 spiro atoms. The number of carbonyl (C=O) groups is 9. The van der Waals surface area contributed by atoms with Gasteiger partial charge in [0.15, 0.2) is 5.96 Å². The van der Waals surface area contributed by atoms with Gasteiger partial charge in [-0.25, -0.2) is 0 Å². The van der Waals surface area contributed by atoms with Crippen molar-refractivity contribution in [3.63, 3.8) is 0 Å². The summed E-state index contributed by atoms with van der Waals surface area (Å²) in [5, 5.41) is 19.6. The number of likely N-dealkylation sites (tertiary alicyclic amines) is 1. The Balaban J connectivity index is 1.53. The van der Waals surface area contributed by atoms with Crippen LogP contribution in [0, 0.1) is 5.92 Å². The molecule has 434 valence electrons. The number of nitrogens with zero attached hydrogens (tertiary/aromatic N) is 2.